The largest absolute Gasteiger partial charge is 0.294 e. The van der Waals surface area contributed by atoms with E-state index < -0.39 is 5.41 Å². The second kappa shape index (κ2) is 10.2. The van der Waals surface area contributed by atoms with Crippen molar-refractivity contribution < 1.29 is 0 Å². The summed E-state index contributed by atoms with van der Waals surface area (Å²) >= 11 is 3.51. The highest BCUT2D eigenvalue weighted by atomic mass is 79.9. The molecule has 0 bridgehead atoms. The minimum absolute atomic E-state index is 0.257. The van der Waals surface area contributed by atoms with E-state index in [4.69, 9.17) is 0 Å². The summed E-state index contributed by atoms with van der Waals surface area (Å²) in [7, 11) is 0. The van der Waals surface area contributed by atoms with Gasteiger partial charge in [0.1, 0.15) is 0 Å². The molecule has 0 amide bonds. The van der Waals surface area contributed by atoms with Gasteiger partial charge in [0.25, 0.3) is 0 Å². The summed E-state index contributed by atoms with van der Waals surface area (Å²) in [5, 5.41) is 10.2. The van der Waals surface area contributed by atoms with Gasteiger partial charge in [0.2, 0.25) is 0 Å². The van der Waals surface area contributed by atoms with Crippen LogP contribution in [0.1, 0.15) is 58.6 Å². The summed E-state index contributed by atoms with van der Waals surface area (Å²) in [4.78, 5) is 2.54. The molecule has 2 nitrogen and oxygen atoms in total. The first kappa shape index (κ1) is 22.7. The van der Waals surface area contributed by atoms with E-state index in [1.165, 1.54) is 5.56 Å². The SMILES string of the molecule is CC(C)N(Cc1ccccc1)C(C)CCC(C#N)(c1ccc(Br)cc1)C(C)C. The molecule has 2 unspecified atom stereocenters. The molecule has 3 heteroatoms. The molecule has 0 spiro atoms. The normalized spacial score (nSPS) is 14.9. The van der Waals surface area contributed by atoms with Crippen molar-refractivity contribution in [3.63, 3.8) is 0 Å². The van der Waals surface area contributed by atoms with E-state index in [0.29, 0.717) is 12.1 Å². The molecule has 0 heterocycles. The summed E-state index contributed by atoms with van der Waals surface area (Å²) in [5.41, 5.74) is 2.01. The van der Waals surface area contributed by atoms with Gasteiger partial charge in [-0.2, -0.15) is 5.26 Å². The summed E-state index contributed by atoms with van der Waals surface area (Å²) in [6.45, 7) is 12.1. The molecule has 2 atom stereocenters. The van der Waals surface area contributed by atoms with E-state index in [1.807, 2.05) is 12.1 Å². The van der Waals surface area contributed by atoms with E-state index in [-0.39, 0.29) is 5.92 Å². The molecule has 0 aliphatic heterocycles. The third-order valence-electron chi connectivity index (χ3n) is 5.94. The summed E-state index contributed by atoms with van der Waals surface area (Å²) in [5.74, 6) is 0.257. The maximum Gasteiger partial charge on any atom is 0.0845 e. The van der Waals surface area contributed by atoms with Crippen LogP contribution in [0.5, 0.6) is 0 Å². The minimum atomic E-state index is -0.454. The van der Waals surface area contributed by atoms with Crippen LogP contribution in [0.3, 0.4) is 0 Å². The van der Waals surface area contributed by atoms with Crippen LogP contribution in [-0.2, 0) is 12.0 Å². The van der Waals surface area contributed by atoms with Crippen LogP contribution < -0.4 is 0 Å². The van der Waals surface area contributed by atoms with E-state index in [9.17, 15) is 5.26 Å². The first-order valence-corrected chi connectivity index (χ1v) is 11.1. The molecule has 0 aliphatic carbocycles. The fraction of sp³-hybridized carbons (Fsp3) is 0.480. The van der Waals surface area contributed by atoms with Gasteiger partial charge in [-0.3, -0.25) is 4.90 Å². The molecule has 0 saturated carbocycles. The van der Waals surface area contributed by atoms with Crippen molar-refractivity contribution in [2.24, 2.45) is 5.92 Å². The molecule has 0 aliphatic rings. The predicted octanol–water partition coefficient (Wildman–Crippen LogP) is 6.95. The van der Waals surface area contributed by atoms with Crippen molar-refractivity contribution in [3.05, 3.63) is 70.2 Å². The van der Waals surface area contributed by atoms with Gasteiger partial charge in [-0.1, -0.05) is 72.2 Å². The average molecular weight is 441 g/mol. The molecule has 28 heavy (non-hydrogen) atoms. The molecular formula is C25H33BrN2. The Bertz CT molecular complexity index is 761. The van der Waals surface area contributed by atoms with Gasteiger partial charge in [0.15, 0.2) is 0 Å². The number of rotatable bonds is 9. The number of benzene rings is 2. The lowest BCUT2D eigenvalue weighted by atomic mass is 9.69. The van der Waals surface area contributed by atoms with Crippen LogP contribution in [-0.4, -0.2) is 17.0 Å². The maximum absolute atomic E-state index is 10.2. The average Bonchev–Trinajstić information content (AvgIpc) is 2.68. The van der Waals surface area contributed by atoms with Crippen LogP contribution in [0.25, 0.3) is 0 Å². The zero-order valence-corrected chi connectivity index (χ0v) is 19.4. The Balaban J connectivity index is 2.18. The highest BCUT2D eigenvalue weighted by molar-refractivity contribution is 9.10. The van der Waals surface area contributed by atoms with Gasteiger partial charge >= 0.3 is 0 Å². The van der Waals surface area contributed by atoms with Crippen molar-refractivity contribution in [2.45, 2.75) is 71.5 Å². The van der Waals surface area contributed by atoms with Crippen molar-refractivity contribution in [3.8, 4) is 6.07 Å². The van der Waals surface area contributed by atoms with Gasteiger partial charge in [-0.25, -0.2) is 0 Å². The van der Waals surface area contributed by atoms with Gasteiger partial charge in [-0.05, 0) is 62.8 Å². The minimum Gasteiger partial charge on any atom is -0.294 e. The van der Waals surface area contributed by atoms with Crippen molar-refractivity contribution in [1.82, 2.24) is 4.90 Å². The van der Waals surface area contributed by atoms with Crippen molar-refractivity contribution in [1.29, 1.82) is 5.26 Å². The number of nitriles is 1. The Morgan fingerprint density at radius 1 is 0.964 bits per heavy atom. The topological polar surface area (TPSA) is 27.0 Å². The van der Waals surface area contributed by atoms with E-state index >= 15 is 0 Å². The van der Waals surface area contributed by atoms with Gasteiger partial charge in [0.05, 0.1) is 11.5 Å². The lowest BCUT2D eigenvalue weighted by Crippen LogP contribution is -2.40. The molecule has 2 rings (SSSR count). The smallest absolute Gasteiger partial charge is 0.0845 e. The maximum atomic E-state index is 10.2. The fourth-order valence-electron chi connectivity index (χ4n) is 4.01. The Morgan fingerprint density at radius 2 is 1.57 bits per heavy atom. The second-order valence-corrected chi connectivity index (χ2v) is 9.30. The van der Waals surface area contributed by atoms with Crippen LogP contribution in [0.2, 0.25) is 0 Å². The zero-order valence-electron chi connectivity index (χ0n) is 17.8. The quantitative estimate of drug-likeness (QED) is 0.421. The van der Waals surface area contributed by atoms with Crippen molar-refractivity contribution >= 4 is 15.9 Å². The summed E-state index contributed by atoms with van der Waals surface area (Å²) < 4.78 is 1.05. The first-order valence-electron chi connectivity index (χ1n) is 10.3. The highest BCUT2D eigenvalue weighted by Crippen LogP contribution is 2.38. The standard InChI is InChI=1S/C25H33BrN2/c1-19(2)25(18-27,23-11-13-24(26)14-12-23)16-15-21(5)28(20(3)4)17-22-9-7-6-8-10-22/h6-14,19-21H,15-17H2,1-5H3. The monoisotopic (exact) mass is 440 g/mol. The first-order chi connectivity index (χ1) is 13.3. The molecule has 0 fully saturated rings. The van der Waals surface area contributed by atoms with Gasteiger partial charge < -0.3 is 0 Å². The molecule has 2 aromatic rings. The molecule has 0 radical (unpaired) electrons. The third kappa shape index (κ3) is 5.46. The Kier molecular flexibility index (Phi) is 8.28. The molecule has 0 saturated heterocycles. The van der Waals surface area contributed by atoms with E-state index in [1.54, 1.807) is 0 Å². The Morgan fingerprint density at radius 3 is 2.07 bits per heavy atom. The zero-order chi connectivity index (χ0) is 20.7. The molecule has 0 N–H and O–H groups in total. The number of hydrogen-bond donors (Lipinski definition) is 0. The van der Waals surface area contributed by atoms with Gasteiger partial charge in [0, 0.05) is 23.1 Å². The molecule has 0 aromatic heterocycles. The Labute approximate surface area is 179 Å². The van der Waals surface area contributed by atoms with Gasteiger partial charge in [-0.15, -0.1) is 0 Å². The van der Waals surface area contributed by atoms with Crippen LogP contribution in [0, 0.1) is 17.2 Å². The Hall–Kier alpha value is -1.63. The van der Waals surface area contributed by atoms with E-state index in [2.05, 4.69) is 104 Å². The predicted molar refractivity (Wildman–Crippen MR) is 122 cm³/mol. The molecular weight excluding hydrogens is 408 g/mol. The fourth-order valence-corrected chi connectivity index (χ4v) is 4.27. The van der Waals surface area contributed by atoms with Crippen molar-refractivity contribution in [2.75, 3.05) is 0 Å². The molecule has 150 valence electrons. The lowest BCUT2D eigenvalue weighted by molar-refractivity contribution is 0.138. The van der Waals surface area contributed by atoms with Crippen LogP contribution in [0.4, 0.5) is 0 Å². The summed E-state index contributed by atoms with van der Waals surface area (Å²) in [6, 6.07) is 22.5. The number of hydrogen-bond acceptors (Lipinski definition) is 2. The highest BCUT2D eigenvalue weighted by Gasteiger charge is 2.36. The van der Waals surface area contributed by atoms with Crippen LogP contribution in [0.15, 0.2) is 59.1 Å². The molecule has 2 aromatic carbocycles. The van der Waals surface area contributed by atoms with Crippen LogP contribution >= 0.6 is 15.9 Å². The van der Waals surface area contributed by atoms with E-state index in [0.717, 1.165) is 29.4 Å². The third-order valence-corrected chi connectivity index (χ3v) is 6.47. The summed E-state index contributed by atoms with van der Waals surface area (Å²) in [6.07, 6.45) is 1.86. The second-order valence-electron chi connectivity index (χ2n) is 8.38. The number of halogens is 1. The number of nitrogens with zero attached hydrogens (tertiary/aromatic N) is 2. The lowest BCUT2D eigenvalue weighted by Gasteiger charge is -2.37.